The van der Waals surface area contributed by atoms with Gasteiger partial charge in [-0.15, -0.1) is 11.8 Å². The molecule has 0 aliphatic heterocycles. The Morgan fingerprint density at radius 2 is 1.48 bits per heavy atom. The first-order chi connectivity index (χ1) is 11.2. The maximum atomic E-state index is 10.8. The van der Waals surface area contributed by atoms with Gasteiger partial charge in [-0.05, 0) is 36.4 Å². The number of carbonyl (C=O) groups is 1. The summed E-state index contributed by atoms with van der Waals surface area (Å²) >= 11 is 1.25. The Morgan fingerprint density at radius 1 is 0.913 bits per heavy atom. The van der Waals surface area contributed by atoms with Crippen LogP contribution in [0, 0.1) is 0 Å². The van der Waals surface area contributed by atoms with Crippen LogP contribution >= 0.6 is 11.8 Å². The van der Waals surface area contributed by atoms with E-state index >= 15 is 0 Å². The molecule has 3 aromatic heterocycles. The Balaban J connectivity index is 2.05. The topological polar surface area (TPSA) is 76.0 Å². The van der Waals surface area contributed by atoms with Gasteiger partial charge in [0.15, 0.2) is 0 Å². The fraction of sp³-hybridized carbons (Fsp3) is 0.0588. The van der Waals surface area contributed by atoms with Crippen LogP contribution in [0.3, 0.4) is 0 Å². The van der Waals surface area contributed by atoms with Gasteiger partial charge in [-0.2, -0.15) is 0 Å². The lowest BCUT2D eigenvalue weighted by Crippen LogP contribution is -1.98. The molecule has 6 heteroatoms. The van der Waals surface area contributed by atoms with Gasteiger partial charge in [0, 0.05) is 17.3 Å². The summed E-state index contributed by atoms with van der Waals surface area (Å²) in [6.45, 7) is 0. The molecule has 0 unspecified atom stereocenters. The summed E-state index contributed by atoms with van der Waals surface area (Å²) in [6, 6.07) is 14.9. The van der Waals surface area contributed by atoms with Crippen LogP contribution in [-0.4, -0.2) is 31.8 Å². The first kappa shape index (κ1) is 15.2. The zero-order valence-electron chi connectivity index (χ0n) is 12.1. The molecule has 1 N–H and O–H groups in total. The SMILES string of the molecule is O=C(O)CSc1cc(-c2ccccn2)nc(-c2ccccn2)c1. The van der Waals surface area contributed by atoms with Crippen molar-refractivity contribution in [2.75, 3.05) is 5.75 Å². The van der Waals surface area contributed by atoms with Crippen molar-refractivity contribution >= 4 is 17.7 Å². The quantitative estimate of drug-likeness (QED) is 0.725. The maximum Gasteiger partial charge on any atom is 0.313 e. The van der Waals surface area contributed by atoms with Gasteiger partial charge in [0.25, 0.3) is 0 Å². The van der Waals surface area contributed by atoms with Crippen LogP contribution in [0.5, 0.6) is 0 Å². The third-order valence-corrected chi connectivity index (χ3v) is 3.98. The summed E-state index contributed by atoms with van der Waals surface area (Å²) in [4.78, 5) is 24.9. The first-order valence-electron chi connectivity index (χ1n) is 6.92. The van der Waals surface area contributed by atoms with E-state index in [1.54, 1.807) is 12.4 Å². The highest BCUT2D eigenvalue weighted by molar-refractivity contribution is 8.00. The number of pyridine rings is 3. The van der Waals surface area contributed by atoms with Crippen molar-refractivity contribution in [3.8, 4) is 22.8 Å². The van der Waals surface area contributed by atoms with Crippen LogP contribution in [0.4, 0.5) is 0 Å². The fourth-order valence-corrected chi connectivity index (χ4v) is 2.70. The molecule has 0 atom stereocenters. The van der Waals surface area contributed by atoms with E-state index in [2.05, 4.69) is 15.0 Å². The van der Waals surface area contributed by atoms with Crippen LogP contribution in [0.1, 0.15) is 0 Å². The summed E-state index contributed by atoms with van der Waals surface area (Å²) in [7, 11) is 0. The van der Waals surface area contributed by atoms with Crippen LogP contribution in [0.2, 0.25) is 0 Å². The lowest BCUT2D eigenvalue weighted by atomic mass is 10.2. The highest BCUT2D eigenvalue weighted by atomic mass is 32.2. The largest absolute Gasteiger partial charge is 0.481 e. The molecule has 0 amide bonds. The number of hydrogen-bond donors (Lipinski definition) is 1. The lowest BCUT2D eigenvalue weighted by molar-refractivity contribution is -0.133. The number of aromatic nitrogens is 3. The lowest BCUT2D eigenvalue weighted by Gasteiger charge is -2.08. The third-order valence-electron chi connectivity index (χ3n) is 3.02. The standard InChI is InChI=1S/C17H13N3O2S/c21-17(22)11-23-12-9-15(13-5-1-3-7-18-13)20-16(10-12)14-6-2-4-8-19-14/h1-10H,11H2,(H,21,22). The van der Waals surface area contributed by atoms with Gasteiger partial charge < -0.3 is 5.11 Å². The summed E-state index contributed by atoms with van der Waals surface area (Å²) < 4.78 is 0. The highest BCUT2D eigenvalue weighted by Gasteiger charge is 2.10. The third kappa shape index (κ3) is 3.92. The molecule has 114 valence electrons. The van der Waals surface area contributed by atoms with Crippen LogP contribution in [0.15, 0.2) is 65.8 Å². The molecule has 3 aromatic rings. The molecule has 0 spiro atoms. The van der Waals surface area contributed by atoms with Crippen molar-refractivity contribution in [2.24, 2.45) is 0 Å². The van der Waals surface area contributed by atoms with Gasteiger partial charge in [0.1, 0.15) is 0 Å². The number of hydrogen-bond acceptors (Lipinski definition) is 5. The second-order valence-corrected chi connectivity index (χ2v) is 5.73. The normalized spacial score (nSPS) is 10.4. The minimum atomic E-state index is -0.856. The maximum absolute atomic E-state index is 10.8. The molecule has 0 saturated heterocycles. The number of nitrogens with zero attached hydrogens (tertiary/aromatic N) is 3. The average molecular weight is 323 g/mol. The minimum absolute atomic E-state index is 0.00662. The second kappa shape index (κ2) is 7.02. The predicted molar refractivity (Wildman–Crippen MR) is 89.1 cm³/mol. The second-order valence-electron chi connectivity index (χ2n) is 4.69. The summed E-state index contributed by atoms with van der Waals surface area (Å²) in [6.07, 6.45) is 3.41. The van der Waals surface area contributed by atoms with Gasteiger partial charge in [0.2, 0.25) is 0 Å². The number of rotatable bonds is 5. The number of thioether (sulfide) groups is 1. The number of carboxylic acid groups (broad SMARTS) is 1. The zero-order valence-corrected chi connectivity index (χ0v) is 12.9. The van der Waals surface area contributed by atoms with E-state index < -0.39 is 5.97 Å². The van der Waals surface area contributed by atoms with E-state index in [-0.39, 0.29) is 5.75 Å². The Morgan fingerprint density at radius 3 is 1.91 bits per heavy atom. The molecule has 23 heavy (non-hydrogen) atoms. The molecule has 3 rings (SSSR count). The molecule has 0 saturated carbocycles. The van der Waals surface area contributed by atoms with E-state index in [1.165, 1.54) is 11.8 Å². The molecule has 5 nitrogen and oxygen atoms in total. The van der Waals surface area contributed by atoms with Crippen molar-refractivity contribution in [1.82, 2.24) is 15.0 Å². The van der Waals surface area contributed by atoms with Gasteiger partial charge in [-0.1, -0.05) is 12.1 Å². The molecule has 0 fully saturated rings. The van der Waals surface area contributed by atoms with E-state index in [0.717, 1.165) is 16.3 Å². The predicted octanol–water partition coefficient (Wildman–Crippen LogP) is 3.38. The fourth-order valence-electron chi connectivity index (χ4n) is 2.02. The first-order valence-corrected chi connectivity index (χ1v) is 7.90. The molecule has 0 aliphatic rings. The van der Waals surface area contributed by atoms with Crippen molar-refractivity contribution < 1.29 is 9.90 Å². The number of aliphatic carboxylic acids is 1. The van der Waals surface area contributed by atoms with Crippen molar-refractivity contribution in [3.05, 3.63) is 60.9 Å². The number of carboxylic acids is 1. The Bertz CT molecular complexity index is 753. The van der Waals surface area contributed by atoms with Crippen molar-refractivity contribution in [2.45, 2.75) is 4.90 Å². The average Bonchev–Trinajstić information content (AvgIpc) is 2.61. The van der Waals surface area contributed by atoms with Crippen molar-refractivity contribution in [3.63, 3.8) is 0 Å². The van der Waals surface area contributed by atoms with E-state index in [0.29, 0.717) is 11.4 Å². The van der Waals surface area contributed by atoms with Crippen molar-refractivity contribution in [1.29, 1.82) is 0 Å². The van der Waals surface area contributed by atoms with E-state index in [9.17, 15) is 4.79 Å². The van der Waals surface area contributed by atoms with E-state index in [4.69, 9.17) is 5.11 Å². The minimum Gasteiger partial charge on any atom is -0.481 e. The molecular formula is C17H13N3O2S. The summed E-state index contributed by atoms with van der Waals surface area (Å²) in [5.74, 6) is -0.863. The molecule has 0 bridgehead atoms. The molecule has 3 heterocycles. The monoisotopic (exact) mass is 323 g/mol. The molecule has 0 radical (unpaired) electrons. The molecule has 0 aliphatic carbocycles. The van der Waals surface area contributed by atoms with Gasteiger partial charge in [-0.3, -0.25) is 14.8 Å². The Kier molecular flexibility index (Phi) is 4.63. The zero-order chi connectivity index (χ0) is 16.1. The summed E-state index contributed by atoms with van der Waals surface area (Å²) in [5, 5.41) is 8.89. The summed E-state index contributed by atoms with van der Waals surface area (Å²) in [5.41, 5.74) is 2.87. The highest BCUT2D eigenvalue weighted by Crippen LogP contribution is 2.28. The van der Waals surface area contributed by atoms with Crippen LogP contribution in [0.25, 0.3) is 22.8 Å². The Labute approximate surface area is 137 Å². The van der Waals surface area contributed by atoms with Gasteiger partial charge in [-0.25, -0.2) is 4.98 Å². The Hall–Kier alpha value is -2.73. The van der Waals surface area contributed by atoms with Gasteiger partial charge in [0.05, 0.1) is 28.5 Å². The molecular weight excluding hydrogens is 310 g/mol. The van der Waals surface area contributed by atoms with Gasteiger partial charge >= 0.3 is 5.97 Å². The van der Waals surface area contributed by atoms with Crippen LogP contribution in [-0.2, 0) is 4.79 Å². The van der Waals surface area contributed by atoms with E-state index in [1.807, 2.05) is 48.5 Å². The molecule has 0 aromatic carbocycles. The smallest absolute Gasteiger partial charge is 0.313 e. The van der Waals surface area contributed by atoms with Crippen LogP contribution < -0.4 is 0 Å².